The van der Waals surface area contributed by atoms with Crippen molar-refractivity contribution in [2.45, 2.75) is 31.7 Å². The molecule has 0 saturated carbocycles. The molecule has 0 bridgehead atoms. The molecule has 1 aromatic rings. The van der Waals surface area contributed by atoms with Gasteiger partial charge in [-0.05, 0) is 28.8 Å². The molecule has 0 aromatic carbocycles. The first-order chi connectivity index (χ1) is 9.72. The lowest BCUT2D eigenvalue weighted by Crippen LogP contribution is -2.50. The Morgan fingerprint density at radius 3 is 2.85 bits per heavy atom. The minimum atomic E-state index is 0.343. The van der Waals surface area contributed by atoms with Gasteiger partial charge in [-0.25, -0.2) is 0 Å². The van der Waals surface area contributed by atoms with Gasteiger partial charge in [0.05, 0.1) is 16.7 Å². The number of rotatable bonds is 4. The highest BCUT2D eigenvalue weighted by Crippen LogP contribution is 2.22. The van der Waals surface area contributed by atoms with Crippen molar-refractivity contribution in [2.24, 2.45) is 0 Å². The molecule has 0 atom stereocenters. The quantitative estimate of drug-likeness (QED) is 0.840. The van der Waals surface area contributed by atoms with Crippen molar-refractivity contribution in [2.75, 3.05) is 32.7 Å². The highest BCUT2D eigenvalue weighted by Gasteiger charge is 2.29. The number of halogens is 1. The Morgan fingerprint density at radius 1 is 1.25 bits per heavy atom. The van der Waals surface area contributed by atoms with Gasteiger partial charge in [0.1, 0.15) is 0 Å². The predicted octanol–water partition coefficient (Wildman–Crippen LogP) is 1.90. The van der Waals surface area contributed by atoms with E-state index in [9.17, 15) is 4.79 Å². The minimum Gasteiger partial charge on any atom is -0.341 e. The third-order valence-corrected chi connectivity index (χ3v) is 4.65. The van der Waals surface area contributed by atoms with Gasteiger partial charge in [0.2, 0.25) is 5.91 Å². The topological polar surface area (TPSA) is 41.4 Å². The van der Waals surface area contributed by atoms with Crippen molar-refractivity contribution in [3.05, 3.63) is 16.9 Å². The zero-order chi connectivity index (χ0) is 13.9. The SMILES string of the molecule is O=C1CCCCCN1CCN1CC(n2cc(Br)cn2)C1. The van der Waals surface area contributed by atoms with Gasteiger partial charge >= 0.3 is 0 Å². The highest BCUT2D eigenvalue weighted by molar-refractivity contribution is 9.10. The first-order valence-electron chi connectivity index (χ1n) is 7.42. The predicted molar refractivity (Wildman–Crippen MR) is 80.5 cm³/mol. The number of carbonyl (C=O) groups is 1. The summed E-state index contributed by atoms with van der Waals surface area (Å²) in [4.78, 5) is 16.4. The molecule has 0 radical (unpaired) electrons. The van der Waals surface area contributed by atoms with Crippen LogP contribution in [0.2, 0.25) is 0 Å². The molecule has 0 N–H and O–H groups in total. The molecule has 5 nitrogen and oxygen atoms in total. The molecular formula is C14H21BrN4O. The average molecular weight is 341 g/mol. The van der Waals surface area contributed by atoms with Crippen LogP contribution in [0.25, 0.3) is 0 Å². The molecule has 6 heteroatoms. The number of hydrogen-bond acceptors (Lipinski definition) is 3. The van der Waals surface area contributed by atoms with Gasteiger partial charge in [-0.1, -0.05) is 6.42 Å². The second-order valence-electron chi connectivity index (χ2n) is 5.74. The lowest BCUT2D eigenvalue weighted by Gasteiger charge is -2.40. The molecule has 3 rings (SSSR count). The molecule has 1 aromatic heterocycles. The van der Waals surface area contributed by atoms with Crippen molar-refractivity contribution in [1.82, 2.24) is 19.6 Å². The number of carbonyl (C=O) groups excluding carboxylic acids is 1. The Kier molecular flexibility index (Phi) is 4.41. The van der Waals surface area contributed by atoms with Gasteiger partial charge in [-0.3, -0.25) is 14.4 Å². The molecule has 0 unspecified atom stereocenters. The van der Waals surface area contributed by atoms with Crippen LogP contribution in [0.3, 0.4) is 0 Å². The fraction of sp³-hybridized carbons (Fsp3) is 0.714. The van der Waals surface area contributed by atoms with Crippen molar-refractivity contribution < 1.29 is 4.79 Å². The van der Waals surface area contributed by atoms with Gasteiger partial charge in [-0.15, -0.1) is 0 Å². The van der Waals surface area contributed by atoms with E-state index >= 15 is 0 Å². The van der Waals surface area contributed by atoms with Gasteiger partial charge < -0.3 is 4.90 Å². The van der Waals surface area contributed by atoms with Crippen molar-refractivity contribution in [1.29, 1.82) is 0 Å². The van der Waals surface area contributed by atoms with Crippen LogP contribution >= 0.6 is 15.9 Å². The summed E-state index contributed by atoms with van der Waals surface area (Å²) >= 11 is 3.42. The Hall–Kier alpha value is -0.880. The van der Waals surface area contributed by atoms with Gasteiger partial charge in [0.15, 0.2) is 0 Å². The summed E-state index contributed by atoms with van der Waals surface area (Å²) in [6, 6.07) is 0.487. The molecule has 1 amide bonds. The smallest absolute Gasteiger partial charge is 0.222 e. The number of hydrogen-bond donors (Lipinski definition) is 0. The zero-order valence-corrected chi connectivity index (χ0v) is 13.3. The van der Waals surface area contributed by atoms with E-state index in [0.717, 1.165) is 56.5 Å². The lowest BCUT2D eigenvalue weighted by molar-refractivity contribution is -0.131. The molecule has 2 aliphatic heterocycles. The van der Waals surface area contributed by atoms with Crippen LogP contribution in [0, 0.1) is 0 Å². The van der Waals surface area contributed by atoms with E-state index in [1.807, 2.05) is 22.0 Å². The normalized spacial score (nSPS) is 21.9. The first-order valence-corrected chi connectivity index (χ1v) is 8.21. The fourth-order valence-corrected chi connectivity index (χ4v) is 3.25. The van der Waals surface area contributed by atoms with E-state index in [4.69, 9.17) is 0 Å². The third-order valence-electron chi connectivity index (χ3n) is 4.24. The molecule has 3 heterocycles. The second kappa shape index (κ2) is 6.26. The van der Waals surface area contributed by atoms with E-state index in [1.54, 1.807) is 0 Å². The van der Waals surface area contributed by atoms with Gasteiger partial charge in [0, 0.05) is 45.3 Å². The molecule has 2 aliphatic rings. The Morgan fingerprint density at radius 2 is 2.10 bits per heavy atom. The van der Waals surface area contributed by atoms with Gasteiger partial charge in [0.25, 0.3) is 0 Å². The monoisotopic (exact) mass is 340 g/mol. The lowest BCUT2D eigenvalue weighted by atomic mass is 10.1. The highest BCUT2D eigenvalue weighted by atomic mass is 79.9. The number of amides is 1. The van der Waals surface area contributed by atoms with Crippen LogP contribution < -0.4 is 0 Å². The molecule has 0 spiro atoms. The van der Waals surface area contributed by atoms with Crippen LogP contribution in [0.5, 0.6) is 0 Å². The summed E-state index contributed by atoms with van der Waals surface area (Å²) in [5.41, 5.74) is 0. The minimum absolute atomic E-state index is 0.343. The van der Waals surface area contributed by atoms with Crippen LogP contribution in [-0.2, 0) is 4.79 Å². The van der Waals surface area contributed by atoms with Crippen molar-refractivity contribution >= 4 is 21.8 Å². The average Bonchev–Trinajstić information content (AvgIpc) is 2.69. The summed E-state index contributed by atoms with van der Waals surface area (Å²) < 4.78 is 3.06. The largest absolute Gasteiger partial charge is 0.341 e. The van der Waals surface area contributed by atoms with Crippen molar-refractivity contribution in [3.8, 4) is 0 Å². The summed E-state index contributed by atoms with van der Waals surface area (Å²) in [5, 5.41) is 4.33. The molecule has 2 saturated heterocycles. The molecular weight excluding hydrogens is 320 g/mol. The number of aromatic nitrogens is 2. The summed E-state index contributed by atoms with van der Waals surface area (Å²) in [6.45, 7) is 4.90. The van der Waals surface area contributed by atoms with Crippen LogP contribution in [0.15, 0.2) is 16.9 Å². The molecule has 2 fully saturated rings. The summed E-state index contributed by atoms with van der Waals surface area (Å²) in [7, 11) is 0. The fourth-order valence-electron chi connectivity index (χ4n) is 2.94. The van der Waals surface area contributed by atoms with E-state index in [0.29, 0.717) is 11.9 Å². The maximum Gasteiger partial charge on any atom is 0.222 e. The van der Waals surface area contributed by atoms with E-state index in [2.05, 4.69) is 25.9 Å². The summed E-state index contributed by atoms with van der Waals surface area (Å²) in [5.74, 6) is 0.343. The Balaban J connectivity index is 1.41. The number of likely N-dealkylation sites (tertiary alicyclic amines) is 2. The van der Waals surface area contributed by atoms with Gasteiger partial charge in [-0.2, -0.15) is 5.10 Å². The standard InChI is InChI=1S/C14H21BrN4O/c15-12-8-16-19(9-12)13-10-17(11-13)6-7-18-5-3-1-2-4-14(18)20/h8-9,13H,1-7,10-11H2. The second-order valence-corrected chi connectivity index (χ2v) is 6.66. The van der Waals surface area contributed by atoms with Crippen LogP contribution in [0.4, 0.5) is 0 Å². The van der Waals surface area contributed by atoms with E-state index in [-0.39, 0.29) is 0 Å². The van der Waals surface area contributed by atoms with E-state index < -0.39 is 0 Å². The van der Waals surface area contributed by atoms with Crippen LogP contribution in [-0.4, -0.2) is 58.2 Å². The third kappa shape index (κ3) is 3.23. The molecule has 110 valence electrons. The summed E-state index contributed by atoms with van der Waals surface area (Å²) in [6.07, 6.45) is 8.02. The molecule has 20 heavy (non-hydrogen) atoms. The van der Waals surface area contributed by atoms with Crippen LogP contribution in [0.1, 0.15) is 31.7 Å². The maximum absolute atomic E-state index is 11.9. The maximum atomic E-state index is 11.9. The Bertz CT molecular complexity index is 469. The zero-order valence-electron chi connectivity index (χ0n) is 11.7. The molecule has 0 aliphatic carbocycles. The number of nitrogens with zero attached hydrogens (tertiary/aromatic N) is 4. The van der Waals surface area contributed by atoms with Crippen molar-refractivity contribution in [3.63, 3.8) is 0 Å². The Labute approximate surface area is 128 Å². The first kappa shape index (κ1) is 14.1. The van der Waals surface area contributed by atoms with E-state index in [1.165, 1.54) is 6.42 Å².